The molecule has 0 fully saturated rings. The number of benzene rings is 1. The Bertz CT molecular complexity index is 652. The van der Waals surface area contributed by atoms with Crippen molar-refractivity contribution in [3.05, 3.63) is 46.6 Å². The highest BCUT2D eigenvalue weighted by molar-refractivity contribution is 9.10. The third kappa shape index (κ3) is 4.39. The predicted molar refractivity (Wildman–Crippen MR) is 78.5 cm³/mol. The average molecular weight is 371 g/mol. The van der Waals surface area contributed by atoms with Crippen LogP contribution in [-0.4, -0.2) is 36.3 Å². The standard InChI is InChI=1S/C14H12BrFN2O4/c1-20-14(19)11-7-18-13(8-17-11)22-5-4-21-12-6-9(16)2-3-10(12)15/h2-3,6-8H,4-5H2,1H3. The Kier molecular flexibility index (Phi) is 5.65. The van der Waals surface area contributed by atoms with E-state index in [1.165, 1.54) is 31.6 Å². The van der Waals surface area contributed by atoms with E-state index in [2.05, 4.69) is 30.6 Å². The second-order valence-corrected chi connectivity index (χ2v) is 4.86. The number of rotatable bonds is 6. The number of esters is 1. The maximum Gasteiger partial charge on any atom is 0.358 e. The lowest BCUT2D eigenvalue weighted by atomic mass is 10.3. The number of carbonyl (C=O) groups is 1. The Morgan fingerprint density at radius 1 is 1.23 bits per heavy atom. The van der Waals surface area contributed by atoms with Crippen LogP contribution in [0.4, 0.5) is 4.39 Å². The number of methoxy groups -OCH3 is 1. The molecular weight excluding hydrogens is 359 g/mol. The van der Waals surface area contributed by atoms with Gasteiger partial charge in [0.2, 0.25) is 5.88 Å². The molecule has 1 aromatic heterocycles. The third-order valence-electron chi connectivity index (χ3n) is 2.51. The molecule has 8 heteroatoms. The van der Waals surface area contributed by atoms with Crippen molar-refractivity contribution in [2.75, 3.05) is 20.3 Å². The summed E-state index contributed by atoms with van der Waals surface area (Å²) in [6.45, 7) is 0.387. The van der Waals surface area contributed by atoms with Gasteiger partial charge in [0, 0.05) is 6.07 Å². The Morgan fingerprint density at radius 3 is 2.68 bits per heavy atom. The molecule has 0 aliphatic carbocycles. The van der Waals surface area contributed by atoms with Crippen LogP contribution in [0.15, 0.2) is 35.1 Å². The molecule has 0 bridgehead atoms. The minimum absolute atomic E-state index is 0.0924. The average Bonchev–Trinajstić information content (AvgIpc) is 2.54. The molecule has 0 radical (unpaired) electrons. The topological polar surface area (TPSA) is 70.5 Å². The number of aromatic nitrogens is 2. The van der Waals surface area contributed by atoms with Crippen LogP contribution in [0.25, 0.3) is 0 Å². The molecule has 22 heavy (non-hydrogen) atoms. The first kappa shape index (κ1) is 16.2. The summed E-state index contributed by atoms with van der Waals surface area (Å²) in [5.41, 5.74) is 0.0924. The van der Waals surface area contributed by atoms with E-state index in [0.29, 0.717) is 10.2 Å². The van der Waals surface area contributed by atoms with E-state index in [4.69, 9.17) is 9.47 Å². The molecule has 0 atom stereocenters. The number of carbonyl (C=O) groups excluding carboxylic acids is 1. The van der Waals surface area contributed by atoms with Crippen molar-refractivity contribution in [1.82, 2.24) is 9.97 Å². The first-order valence-corrected chi connectivity index (χ1v) is 7.00. The second kappa shape index (κ2) is 7.69. The van der Waals surface area contributed by atoms with Crippen molar-refractivity contribution >= 4 is 21.9 Å². The first-order valence-electron chi connectivity index (χ1n) is 6.21. The first-order chi connectivity index (χ1) is 10.6. The monoisotopic (exact) mass is 370 g/mol. The summed E-state index contributed by atoms with van der Waals surface area (Å²) < 4.78 is 28.9. The predicted octanol–water partition coefficient (Wildman–Crippen LogP) is 2.62. The molecule has 0 aliphatic heterocycles. The molecule has 2 aromatic rings. The molecule has 1 heterocycles. The van der Waals surface area contributed by atoms with Crippen LogP contribution >= 0.6 is 15.9 Å². The minimum atomic E-state index is -0.571. The molecule has 1 aromatic carbocycles. The smallest absolute Gasteiger partial charge is 0.358 e. The third-order valence-corrected chi connectivity index (χ3v) is 3.16. The highest BCUT2D eigenvalue weighted by Gasteiger charge is 2.08. The number of hydrogen-bond donors (Lipinski definition) is 0. The van der Waals surface area contributed by atoms with Gasteiger partial charge in [-0.25, -0.2) is 19.2 Å². The van der Waals surface area contributed by atoms with Crippen molar-refractivity contribution in [3.8, 4) is 11.6 Å². The fourth-order valence-corrected chi connectivity index (χ4v) is 1.85. The zero-order valence-electron chi connectivity index (χ0n) is 11.6. The van der Waals surface area contributed by atoms with E-state index in [1.807, 2.05) is 0 Å². The summed E-state index contributed by atoms with van der Waals surface area (Å²) >= 11 is 3.26. The maximum absolute atomic E-state index is 13.1. The van der Waals surface area contributed by atoms with Crippen molar-refractivity contribution in [1.29, 1.82) is 0 Å². The van der Waals surface area contributed by atoms with Gasteiger partial charge in [-0.1, -0.05) is 0 Å². The highest BCUT2D eigenvalue weighted by atomic mass is 79.9. The molecule has 0 unspecified atom stereocenters. The summed E-state index contributed by atoms with van der Waals surface area (Å²) in [5.74, 6) is -0.327. The summed E-state index contributed by atoms with van der Waals surface area (Å²) in [6.07, 6.45) is 2.57. The molecule has 116 valence electrons. The Balaban J connectivity index is 1.81. The van der Waals surface area contributed by atoms with Crippen LogP contribution in [0, 0.1) is 5.82 Å². The fourth-order valence-electron chi connectivity index (χ4n) is 1.49. The van der Waals surface area contributed by atoms with E-state index in [0.717, 1.165) is 0 Å². The highest BCUT2D eigenvalue weighted by Crippen LogP contribution is 2.25. The van der Waals surface area contributed by atoms with Crippen molar-refractivity contribution in [2.45, 2.75) is 0 Å². The van der Waals surface area contributed by atoms with Crippen LogP contribution < -0.4 is 9.47 Å². The lowest BCUT2D eigenvalue weighted by Gasteiger charge is -2.09. The molecule has 0 aliphatic rings. The van der Waals surface area contributed by atoms with Crippen LogP contribution in [0.1, 0.15) is 10.5 Å². The van der Waals surface area contributed by atoms with Crippen LogP contribution in [0.3, 0.4) is 0 Å². The van der Waals surface area contributed by atoms with E-state index >= 15 is 0 Å². The van der Waals surface area contributed by atoms with Gasteiger partial charge in [-0.3, -0.25) is 0 Å². The van der Waals surface area contributed by atoms with E-state index in [9.17, 15) is 9.18 Å². The molecule has 0 spiro atoms. The van der Waals surface area contributed by atoms with Gasteiger partial charge in [-0.05, 0) is 28.1 Å². The zero-order chi connectivity index (χ0) is 15.9. The molecule has 0 saturated carbocycles. The van der Waals surface area contributed by atoms with Gasteiger partial charge >= 0.3 is 5.97 Å². The van der Waals surface area contributed by atoms with E-state index < -0.39 is 5.97 Å². The van der Waals surface area contributed by atoms with Gasteiger partial charge in [-0.15, -0.1) is 0 Å². The Morgan fingerprint density at radius 2 is 2.00 bits per heavy atom. The lowest BCUT2D eigenvalue weighted by molar-refractivity contribution is 0.0593. The fraction of sp³-hybridized carbons (Fsp3) is 0.214. The summed E-state index contributed by atoms with van der Waals surface area (Å²) in [4.78, 5) is 18.9. The van der Waals surface area contributed by atoms with Crippen molar-refractivity contribution in [3.63, 3.8) is 0 Å². The molecule has 0 saturated heterocycles. The van der Waals surface area contributed by atoms with Gasteiger partial charge in [0.1, 0.15) is 24.8 Å². The minimum Gasteiger partial charge on any atom is -0.489 e. The molecule has 6 nitrogen and oxygen atoms in total. The molecule has 2 rings (SSSR count). The lowest BCUT2D eigenvalue weighted by Crippen LogP contribution is -2.11. The van der Waals surface area contributed by atoms with Gasteiger partial charge in [0.15, 0.2) is 5.69 Å². The number of nitrogens with zero attached hydrogens (tertiary/aromatic N) is 2. The summed E-state index contributed by atoms with van der Waals surface area (Å²) in [5, 5.41) is 0. The molecular formula is C14H12BrFN2O4. The van der Waals surface area contributed by atoms with Gasteiger partial charge in [-0.2, -0.15) is 0 Å². The quantitative estimate of drug-likeness (QED) is 0.574. The largest absolute Gasteiger partial charge is 0.489 e. The number of halogens is 2. The summed E-state index contributed by atoms with van der Waals surface area (Å²) in [7, 11) is 1.26. The van der Waals surface area contributed by atoms with E-state index in [1.54, 1.807) is 6.07 Å². The van der Waals surface area contributed by atoms with Gasteiger partial charge in [0.05, 0.1) is 24.0 Å². The van der Waals surface area contributed by atoms with Crippen molar-refractivity contribution < 1.29 is 23.4 Å². The SMILES string of the molecule is COC(=O)c1cnc(OCCOc2cc(F)ccc2Br)cn1. The Labute approximate surface area is 134 Å². The Hall–Kier alpha value is -2.22. The van der Waals surface area contributed by atoms with Gasteiger partial charge in [0.25, 0.3) is 0 Å². The van der Waals surface area contributed by atoms with Crippen LogP contribution in [0.2, 0.25) is 0 Å². The maximum atomic E-state index is 13.1. The molecule has 0 N–H and O–H groups in total. The molecule has 0 amide bonds. The second-order valence-electron chi connectivity index (χ2n) is 4.00. The number of ether oxygens (including phenoxy) is 3. The van der Waals surface area contributed by atoms with Crippen LogP contribution in [0.5, 0.6) is 11.6 Å². The summed E-state index contributed by atoms with van der Waals surface area (Å²) in [6, 6.07) is 4.16. The normalized spacial score (nSPS) is 10.1. The van der Waals surface area contributed by atoms with Crippen LogP contribution in [-0.2, 0) is 4.74 Å². The van der Waals surface area contributed by atoms with E-state index in [-0.39, 0.29) is 30.6 Å². The number of hydrogen-bond acceptors (Lipinski definition) is 6. The van der Waals surface area contributed by atoms with Gasteiger partial charge < -0.3 is 14.2 Å². The zero-order valence-corrected chi connectivity index (χ0v) is 13.2. The van der Waals surface area contributed by atoms with Crippen molar-refractivity contribution in [2.24, 2.45) is 0 Å².